The van der Waals surface area contributed by atoms with E-state index in [1.165, 1.54) is 24.8 Å². The molecule has 9 heteroatoms. The third kappa shape index (κ3) is 4.35. The summed E-state index contributed by atoms with van der Waals surface area (Å²) in [5.41, 5.74) is 1.98. The third-order valence-corrected chi connectivity index (χ3v) is 6.23. The Bertz CT molecular complexity index is 1100. The van der Waals surface area contributed by atoms with E-state index >= 15 is 0 Å². The van der Waals surface area contributed by atoms with E-state index in [1.54, 1.807) is 35.5 Å². The Morgan fingerprint density at radius 3 is 2.79 bits per heavy atom. The van der Waals surface area contributed by atoms with Crippen molar-refractivity contribution in [1.82, 2.24) is 15.2 Å². The number of likely N-dealkylation sites (N-methyl/N-ethyl adjacent to an activating group) is 1. The molecule has 9 nitrogen and oxygen atoms in total. The lowest BCUT2D eigenvalue weighted by Crippen LogP contribution is -2.35. The first-order valence-corrected chi connectivity index (χ1v) is 11.2. The highest BCUT2D eigenvalue weighted by atomic mass is 16.5. The van der Waals surface area contributed by atoms with Crippen LogP contribution < -0.4 is 19.7 Å². The van der Waals surface area contributed by atoms with Gasteiger partial charge in [0.2, 0.25) is 5.91 Å². The molecule has 1 N–H and O–H groups in total. The predicted octanol–water partition coefficient (Wildman–Crippen LogP) is 1.76. The Labute approximate surface area is 191 Å². The number of rotatable bonds is 8. The molecule has 172 valence electrons. The molecule has 0 unspecified atom stereocenters. The monoisotopic (exact) mass is 450 g/mol. The molecule has 1 saturated heterocycles. The maximum atomic E-state index is 13.2. The highest BCUT2D eigenvalue weighted by Crippen LogP contribution is 2.35. The number of carbonyl (C=O) groups excluding carboxylic acids is 3. The summed E-state index contributed by atoms with van der Waals surface area (Å²) < 4.78 is 11.7. The number of hydrogen-bond acceptors (Lipinski definition) is 6. The smallest absolute Gasteiger partial charge is 0.268 e. The van der Waals surface area contributed by atoms with Crippen LogP contribution in [0, 0.1) is 5.92 Å². The number of anilines is 1. The molecule has 2 fully saturated rings. The van der Waals surface area contributed by atoms with Crippen LogP contribution in [0.4, 0.5) is 5.69 Å². The van der Waals surface area contributed by atoms with E-state index < -0.39 is 6.10 Å². The van der Waals surface area contributed by atoms with E-state index in [0.29, 0.717) is 48.2 Å². The summed E-state index contributed by atoms with van der Waals surface area (Å²) in [7, 11) is 1.54. The Hall–Kier alpha value is -3.62. The second-order valence-electron chi connectivity index (χ2n) is 8.63. The number of pyridine rings is 1. The van der Waals surface area contributed by atoms with Crippen LogP contribution in [0.15, 0.2) is 36.7 Å². The van der Waals surface area contributed by atoms with Crippen LogP contribution in [0.3, 0.4) is 0 Å². The first kappa shape index (κ1) is 21.2. The fourth-order valence-corrected chi connectivity index (χ4v) is 4.21. The van der Waals surface area contributed by atoms with E-state index in [-0.39, 0.29) is 30.8 Å². The Morgan fingerprint density at radius 2 is 2.00 bits per heavy atom. The molecule has 1 aromatic carbocycles. The van der Waals surface area contributed by atoms with Gasteiger partial charge in [-0.25, -0.2) is 0 Å². The number of nitrogens with one attached hydrogen (secondary N) is 1. The number of amides is 3. The van der Waals surface area contributed by atoms with Gasteiger partial charge in [-0.3, -0.25) is 19.4 Å². The van der Waals surface area contributed by atoms with Crippen LogP contribution in [0.1, 0.15) is 35.2 Å². The summed E-state index contributed by atoms with van der Waals surface area (Å²) in [6, 6.07) is 7.10. The molecule has 3 aliphatic rings. The Morgan fingerprint density at radius 1 is 1.18 bits per heavy atom. The Kier molecular flexibility index (Phi) is 5.62. The van der Waals surface area contributed by atoms with E-state index in [9.17, 15) is 14.4 Å². The van der Waals surface area contributed by atoms with E-state index in [0.717, 1.165) is 5.56 Å². The minimum Gasteiger partial charge on any atom is -0.492 e. The van der Waals surface area contributed by atoms with Gasteiger partial charge in [-0.05, 0) is 30.9 Å². The van der Waals surface area contributed by atoms with Gasteiger partial charge in [0, 0.05) is 49.4 Å². The first-order chi connectivity index (χ1) is 16.0. The second-order valence-corrected chi connectivity index (χ2v) is 8.63. The van der Waals surface area contributed by atoms with Gasteiger partial charge in [0.1, 0.15) is 18.0 Å². The van der Waals surface area contributed by atoms with Crippen molar-refractivity contribution in [3.8, 4) is 11.5 Å². The SMILES string of the molecule is CNC(=O)CN1Cc2c(cccc2N2CC[C@@H](Oc3cncc(OCC4CC4)c3)C2=O)C1=O. The molecular weight excluding hydrogens is 424 g/mol. The van der Waals surface area contributed by atoms with Crippen LogP contribution in [-0.4, -0.2) is 60.5 Å². The van der Waals surface area contributed by atoms with Gasteiger partial charge in [0.15, 0.2) is 6.10 Å². The fourth-order valence-electron chi connectivity index (χ4n) is 4.21. The van der Waals surface area contributed by atoms with E-state index in [4.69, 9.17) is 9.47 Å². The maximum Gasteiger partial charge on any atom is 0.268 e. The third-order valence-electron chi connectivity index (χ3n) is 6.23. The molecule has 1 saturated carbocycles. The van der Waals surface area contributed by atoms with E-state index in [1.807, 2.05) is 6.07 Å². The summed E-state index contributed by atoms with van der Waals surface area (Å²) in [6.07, 6.45) is 5.51. The van der Waals surface area contributed by atoms with Crippen molar-refractivity contribution < 1.29 is 23.9 Å². The second kappa shape index (κ2) is 8.73. The molecule has 5 rings (SSSR count). The van der Waals surface area contributed by atoms with Gasteiger partial charge < -0.3 is 24.6 Å². The molecule has 2 aliphatic heterocycles. The topological polar surface area (TPSA) is 101 Å². The maximum absolute atomic E-state index is 13.2. The van der Waals surface area contributed by atoms with Crippen LogP contribution in [0.25, 0.3) is 0 Å². The van der Waals surface area contributed by atoms with Crippen molar-refractivity contribution in [2.45, 2.75) is 31.9 Å². The lowest BCUT2D eigenvalue weighted by molar-refractivity contribution is -0.123. The number of carbonyl (C=O) groups is 3. The number of fused-ring (bicyclic) bond motifs is 1. The molecule has 3 heterocycles. The average molecular weight is 450 g/mol. The summed E-state index contributed by atoms with van der Waals surface area (Å²) in [6.45, 7) is 1.43. The Balaban J connectivity index is 1.28. The number of aromatic nitrogens is 1. The highest BCUT2D eigenvalue weighted by Gasteiger charge is 2.38. The highest BCUT2D eigenvalue weighted by molar-refractivity contribution is 6.05. The van der Waals surface area contributed by atoms with Crippen molar-refractivity contribution in [2.24, 2.45) is 5.92 Å². The quantitative estimate of drug-likeness (QED) is 0.658. The molecule has 1 atom stereocenters. The summed E-state index contributed by atoms with van der Waals surface area (Å²) in [4.78, 5) is 45.0. The van der Waals surface area contributed by atoms with Crippen LogP contribution in [0.2, 0.25) is 0 Å². The normalized spacial score (nSPS) is 19.6. The van der Waals surface area contributed by atoms with E-state index in [2.05, 4.69) is 10.3 Å². The lowest BCUT2D eigenvalue weighted by atomic mass is 10.1. The number of hydrogen-bond donors (Lipinski definition) is 1. The molecule has 0 spiro atoms. The van der Waals surface area contributed by atoms with Crippen molar-refractivity contribution in [1.29, 1.82) is 0 Å². The molecule has 3 amide bonds. The van der Waals surface area contributed by atoms with Crippen molar-refractivity contribution in [3.63, 3.8) is 0 Å². The van der Waals surface area contributed by atoms with Crippen molar-refractivity contribution >= 4 is 23.4 Å². The zero-order chi connectivity index (χ0) is 22.9. The minimum atomic E-state index is -0.639. The fraction of sp³-hybridized carbons (Fsp3) is 0.417. The average Bonchev–Trinajstić information content (AvgIpc) is 3.52. The number of ether oxygens (including phenoxy) is 2. The molecule has 0 bridgehead atoms. The molecule has 33 heavy (non-hydrogen) atoms. The van der Waals surface area contributed by atoms with Crippen molar-refractivity contribution in [3.05, 3.63) is 47.8 Å². The summed E-state index contributed by atoms with van der Waals surface area (Å²) in [5, 5.41) is 2.54. The van der Waals surface area contributed by atoms with Crippen LogP contribution >= 0.6 is 0 Å². The summed E-state index contributed by atoms with van der Waals surface area (Å²) in [5.74, 6) is 1.16. The standard InChI is InChI=1S/C24H26N4O5/c1-25-22(29)13-27-12-19-18(23(27)30)3-2-4-20(19)28-8-7-21(24(28)31)33-17-9-16(10-26-11-17)32-14-15-5-6-15/h2-4,9-11,15,21H,5-8,12-14H2,1H3,(H,25,29)/t21-/m1/s1. The lowest BCUT2D eigenvalue weighted by Gasteiger charge is -2.20. The molecular formula is C24H26N4O5. The van der Waals surface area contributed by atoms with Crippen LogP contribution in [0.5, 0.6) is 11.5 Å². The van der Waals surface area contributed by atoms with Gasteiger partial charge >= 0.3 is 0 Å². The largest absolute Gasteiger partial charge is 0.492 e. The number of benzene rings is 1. The zero-order valence-electron chi connectivity index (χ0n) is 18.5. The first-order valence-electron chi connectivity index (χ1n) is 11.2. The molecule has 2 aromatic rings. The molecule has 0 radical (unpaired) electrons. The van der Waals surface area contributed by atoms with Crippen molar-refractivity contribution in [2.75, 3.05) is 31.6 Å². The molecule has 1 aliphatic carbocycles. The van der Waals surface area contributed by atoms with Gasteiger partial charge in [-0.2, -0.15) is 0 Å². The van der Waals surface area contributed by atoms with Gasteiger partial charge in [-0.1, -0.05) is 6.07 Å². The zero-order valence-corrected chi connectivity index (χ0v) is 18.5. The van der Waals surface area contributed by atoms with Crippen LogP contribution in [-0.2, 0) is 16.1 Å². The number of nitrogens with zero attached hydrogens (tertiary/aromatic N) is 3. The summed E-state index contributed by atoms with van der Waals surface area (Å²) >= 11 is 0. The van der Waals surface area contributed by atoms with Gasteiger partial charge in [-0.15, -0.1) is 0 Å². The minimum absolute atomic E-state index is 0.0186. The van der Waals surface area contributed by atoms with Gasteiger partial charge in [0.05, 0.1) is 19.0 Å². The predicted molar refractivity (Wildman–Crippen MR) is 119 cm³/mol. The van der Waals surface area contributed by atoms with Gasteiger partial charge in [0.25, 0.3) is 11.8 Å². The molecule has 1 aromatic heterocycles.